The number of amides is 1. The number of aromatic nitrogens is 3. The Morgan fingerprint density at radius 1 is 1.17 bits per heavy atom. The molecule has 1 amide bonds. The summed E-state index contributed by atoms with van der Waals surface area (Å²) in [4.78, 5) is 20.5. The summed E-state index contributed by atoms with van der Waals surface area (Å²) < 4.78 is 67.9. The van der Waals surface area contributed by atoms with Gasteiger partial charge in [-0.1, -0.05) is 0 Å². The van der Waals surface area contributed by atoms with Crippen molar-refractivity contribution in [2.75, 3.05) is 5.32 Å². The number of halogens is 5. The molecule has 0 spiro atoms. The maximum absolute atomic E-state index is 13.6. The minimum atomic E-state index is -4.58. The van der Waals surface area contributed by atoms with Crippen LogP contribution in [0.15, 0.2) is 12.1 Å². The summed E-state index contributed by atoms with van der Waals surface area (Å²) in [5, 5.41) is 2.63. The summed E-state index contributed by atoms with van der Waals surface area (Å²) in [7, 11) is 0. The number of fused-ring (bicyclic) bond motifs is 1. The molecule has 0 bridgehead atoms. The van der Waals surface area contributed by atoms with Crippen LogP contribution in [0.3, 0.4) is 0 Å². The molecular weight excluding hydrogens is 395 g/mol. The zero-order valence-electron chi connectivity index (χ0n) is 15.6. The van der Waals surface area contributed by atoms with E-state index in [4.69, 9.17) is 0 Å². The molecule has 2 aliphatic rings. The van der Waals surface area contributed by atoms with Crippen LogP contribution < -0.4 is 5.32 Å². The number of nitrogens with one attached hydrogen (secondary N) is 1. The molecule has 0 aliphatic heterocycles. The SMILES string of the molecule is O=C(CC1CCCC(F)(F)C1)Nc1nc2ccc(C(F)(F)F)nc2n1C1CCC1. The van der Waals surface area contributed by atoms with Crippen molar-refractivity contribution in [3.05, 3.63) is 17.8 Å². The molecule has 158 valence electrons. The van der Waals surface area contributed by atoms with Crippen LogP contribution in [-0.2, 0) is 11.0 Å². The highest BCUT2D eigenvalue weighted by Gasteiger charge is 2.37. The molecule has 29 heavy (non-hydrogen) atoms. The zero-order chi connectivity index (χ0) is 20.8. The van der Waals surface area contributed by atoms with Crippen LogP contribution in [0.5, 0.6) is 0 Å². The zero-order valence-corrected chi connectivity index (χ0v) is 15.6. The molecule has 2 aliphatic carbocycles. The average molecular weight is 416 g/mol. The molecule has 2 saturated carbocycles. The molecule has 0 aromatic carbocycles. The van der Waals surface area contributed by atoms with Gasteiger partial charge in [-0.15, -0.1) is 0 Å². The van der Waals surface area contributed by atoms with Crippen LogP contribution >= 0.6 is 0 Å². The summed E-state index contributed by atoms with van der Waals surface area (Å²) >= 11 is 0. The van der Waals surface area contributed by atoms with Crippen LogP contribution in [-0.4, -0.2) is 26.4 Å². The van der Waals surface area contributed by atoms with Crippen molar-refractivity contribution in [2.45, 2.75) is 69.5 Å². The van der Waals surface area contributed by atoms with Gasteiger partial charge in [0.25, 0.3) is 0 Å². The first-order valence-electron chi connectivity index (χ1n) is 9.76. The molecule has 2 heterocycles. The number of nitrogens with zero attached hydrogens (tertiary/aromatic N) is 3. The number of carbonyl (C=O) groups is 1. The number of imidazole rings is 1. The molecule has 5 nitrogen and oxygen atoms in total. The largest absolute Gasteiger partial charge is 0.433 e. The number of alkyl halides is 5. The monoisotopic (exact) mass is 416 g/mol. The van der Waals surface area contributed by atoms with Gasteiger partial charge in [0.05, 0.1) is 0 Å². The van der Waals surface area contributed by atoms with E-state index in [1.54, 1.807) is 4.57 Å². The van der Waals surface area contributed by atoms with E-state index in [9.17, 15) is 26.7 Å². The first-order valence-corrected chi connectivity index (χ1v) is 9.76. The van der Waals surface area contributed by atoms with Crippen LogP contribution in [0.2, 0.25) is 0 Å². The molecule has 2 aromatic rings. The molecule has 1 N–H and O–H groups in total. The summed E-state index contributed by atoms with van der Waals surface area (Å²) in [6.45, 7) is 0. The molecular formula is C19H21F5N4O. The number of carbonyl (C=O) groups excluding carboxylic acids is 1. The van der Waals surface area contributed by atoms with Crippen molar-refractivity contribution in [2.24, 2.45) is 5.92 Å². The molecule has 2 fully saturated rings. The van der Waals surface area contributed by atoms with Gasteiger partial charge in [-0.05, 0) is 50.2 Å². The third-order valence-electron chi connectivity index (χ3n) is 5.74. The lowest BCUT2D eigenvalue weighted by Crippen LogP contribution is -2.29. The van der Waals surface area contributed by atoms with E-state index >= 15 is 0 Å². The lowest BCUT2D eigenvalue weighted by Gasteiger charge is -2.29. The summed E-state index contributed by atoms with van der Waals surface area (Å²) in [6.07, 6.45) is -1.78. The van der Waals surface area contributed by atoms with Gasteiger partial charge in [0.2, 0.25) is 17.8 Å². The minimum Gasteiger partial charge on any atom is -0.296 e. The van der Waals surface area contributed by atoms with E-state index in [-0.39, 0.29) is 42.4 Å². The highest BCUT2D eigenvalue weighted by Crippen LogP contribution is 2.39. The minimum absolute atomic E-state index is 0.0648. The van der Waals surface area contributed by atoms with Crippen molar-refractivity contribution in [3.63, 3.8) is 0 Å². The Kier molecular flexibility index (Phi) is 4.98. The number of hydrogen-bond donors (Lipinski definition) is 1. The van der Waals surface area contributed by atoms with Gasteiger partial charge in [0.15, 0.2) is 5.65 Å². The Morgan fingerprint density at radius 3 is 2.55 bits per heavy atom. The second-order valence-electron chi connectivity index (χ2n) is 8.00. The second-order valence-corrected chi connectivity index (χ2v) is 8.00. The maximum atomic E-state index is 13.6. The molecule has 0 saturated heterocycles. The Labute approximate surface area is 163 Å². The number of rotatable bonds is 4. The second kappa shape index (κ2) is 7.21. The lowest BCUT2D eigenvalue weighted by atomic mass is 9.84. The van der Waals surface area contributed by atoms with Gasteiger partial charge in [-0.25, -0.2) is 18.7 Å². The summed E-state index contributed by atoms with van der Waals surface area (Å²) in [5.41, 5.74) is -0.693. The van der Waals surface area contributed by atoms with Crippen molar-refractivity contribution in [3.8, 4) is 0 Å². The lowest BCUT2D eigenvalue weighted by molar-refractivity contribution is -0.141. The molecule has 1 unspecified atom stereocenters. The molecule has 10 heteroatoms. The Bertz CT molecular complexity index is 919. The van der Waals surface area contributed by atoms with Crippen molar-refractivity contribution < 1.29 is 26.7 Å². The predicted octanol–water partition coefficient (Wildman–Crippen LogP) is 5.33. The normalized spacial score (nSPS) is 22.4. The number of anilines is 1. The van der Waals surface area contributed by atoms with Crippen LogP contribution in [0, 0.1) is 5.92 Å². The van der Waals surface area contributed by atoms with Crippen LogP contribution in [0.4, 0.5) is 27.9 Å². The van der Waals surface area contributed by atoms with Crippen molar-refractivity contribution in [1.29, 1.82) is 0 Å². The molecule has 2 aromatic heterocycles. The van der Waals surface area contributed by atoms with Gasteiger partial charge in [-0.2, -0.15) is 13.2 Å². The Hall–Kier alpha value is -2.26. The predicted molar refractivity (Wildman–Crippen MR) is 95.6 cm³/mol. The van der Waals surface area contributed by atoms with Gasteiger partial charge in [0.1, 0.15) is 11.2 Å². The summed E-state index contributed by atoms with van der Waals surface area (Å²) in [5.74, 6) is -3.50. The number of hydrogen-bond acceptors (Lipinski definition) is 3. The van der Waals surface area contributed by atoms with Gasteiger partial charge in [0, 0.05) is 25.3 Å². The first-order chi connectivity index (χ1) is 13.6. The third-order valence-corrected chi connectivity index (χ3v) is 5.74. The van der Waals surface area contributed by atoms with Crippen molar-refractivity contribution in [1.82, 2.24) is 14.5 Å². The fourth-order valence-electron chi connectivity index (χ4n) is 4.10. The fourth-order valence-corrected chi connectivity index (χ4v) is 4.10. The standard InChI is InChI=1S/C19H21F5N4O/c20-18(21)8-2-3-11(10-18)9-15(29)27-17-25-13-6-7-14(19(22,23)24)26-16(13)28(17)12-4-1-5-12/h6-7,11-12H,1-5,8-10H2,(H,25,27,29). The van der Waals surface area contributed by atoms with E-state index in [1.165, 1.54) is 6.07 Å². The summed E-state index contributed by atoms with van der Waals surface area (Å²) in [6, 6.07) is 2.00. The van der Waals surface area contributed by atoms with E-state index in [1.807, 2.05) is 0 Å². The highest BCUT2D eigenvalue weighted by atomic mass is 19.4. The first kappa shape index (κ1) is 20.0. The van der Waals surface area contributed by atoms with Crippen molar-refractivity contribution >= 4 is 23.0 Å². The van der Waals surface area contributed by atoms with E-state index in [2.05, 4.69) is 15.3 Å². The fraction of sp³-hybridized carbons (Fsp3) is 0.632. The smallest absolute Gasteiger partial charge is 0.296 e. The van der Waals surface area contributed by atoms with Gasteiger partial charge < -0.3 is 0 Å². The third kappa shape index (κ3) is 4.20. The quantitative estimate of drug-likeness (QED) is 0.686. The Balaban J connectivity index is 1.58. The van der Waals surface area contributed by atoms with Gasteiger partial charge >= 0.3 is 6.18 Å². The number of pyridine rings is 1. The average Bonchev–Trinajstić information content (AvgIpc) is 2.88. The Morgan fingerprint density at radius 2 is 1.93 bits per heavy atom. The molecule has 0 radical (unpaired) electrons. The van der Waals surface area contributed by atoms with E-state index in [0.29, 0.717) is 12.8 Å². The maximum Gasteiger partial charge on any atom is 0.433 e. The highest BCUT2D eigenvalue weighted by molar-refractivity contribution is 5.91. The topological polar surface area (TPSA) is 59.8 Å². The van der Waals surface area contributed by atoms with Gasteiger partial charge in [-0.3, -0.25) is 14.7 Å². The van der Waals surface area contributed by atoms with Crippen LogP contribution in [0.25, 0.3) is 11.2 Å². The van der Waals surface area contributed by atoms with E-state index in [0.717, 1.165) is 25.3 Å². The molecule has 1 atom stereocenters. The van der Waals surface area contributed by atoms with Crippen LogP contribution in [0.1, 0.15) is 63.1 Å². The van der Waals surface area contributed by atoms with E-state index < -0.39 is 29.6 Å². The molecule has 4 rings (SSSR count).